The van der Waals surface area contributed by atoms with Crippen LogP contribution in [-0.2, 0) is 6.54 Å². The average Bonchev–Trinajstić information content (AvgIpc) is 2.93. The molecule has 1 aromatic heterocycles. The number of nitrogens with zero attached hydrogens (tertiary/aromatic N) is 2. The van der Waals surface area contributed by atoms with E-state index in [9.17, 15) is 9.90 Å². The second-order valence-electron chi connectivity index (χ2n) is 5.34. The highest BCUT2D eigenvalue weighted by Gasteiger charge is 2.33. The number of nitrogens with one attached hydrogen (secondary N) is 1. The van der Waals surface area contributed by atoms with E-state index in [1.165, 1.54) is 4.68 Å². The van der Waals surface area contributed by atoms with Crippen molar-refractivity contribution < 1.29 is 10.2 Å². The van der Waals surface area contributed by atoms with Gasteiger partial charge in [-0.05, 0) is 28.8 Å². The summed E-state index contributed by atoms with van der Waals surface area (Å²) in [4.78, 5) is 12.0. The van der Waals surface area contributed by atoms with Gasteiger partial charge in [0.05, 0.1) is 31.6 Å². The van der Waals surface area contributed by atoms with Gasteiger partial charge in [-0.15, -0.1) is 0 Å². The first kappa shape index (κ1) is 15.5. The number of aliphatic hydroxyl groups is 2. The van der Waals surface area contributed by atoms with Crippen molar-refractivity contribution in [1.82, 2.24) is 9.78 Å². The molecule has 0 aliphatic heterocycles. The van der Waals surface area contributed by atoms with Crippen molar-refractivity contribution in [2.24, 2.45) is 5.41 Å². The van der Waals surface area contributed by atoms with E-state index in [2.05, 4.69) is 26.3 Å². The minimum atomic E-state index is -0.270. The summed E-state index contributed by atoms with van der Waals surface area (Å²) in [5, 5.41) is 25.7. The molecule has 0 aromatic carbocycles. The quantitative estimate of drug-likeness (QED) is 0.714. The molecule has 2 rings (SSSR count). The normalized spacial score (nSPS) is 17.4. The van der Waals surface area contributed by atoms with E-state index in [-0.39, 0.29) is 30.7 Å². The Morgan fingerprint density at radius 3 is 2.70 bits per heavy atom. The molecule has 112 valence electrons. The van der Waals surface area contributed by atoms with E-state index < -0.39 is 0 Å². The van der Waals surface area contributed by atoms with E-state index >= 15 is 0 Å². The SMILES string of the molecule is O=c1c(Br)c(NCC2(CO)CCCC2)cnn1CCO. The molecule has 0 atom stereocenters. The summed E-state index contributed by atoms with van der Waals surface area (Å²) >= 11 is 3.27. The molecule has 1 aromatic rings. The maximum Gasteiger partial charge on any atom is 0.283 e. The van der Waals surface area contributed by atoms with Crippen LogP contribution in [0, 0.1) is 5.41 Å². The van der Waals surface area contributed by atoms with Crippen molar-refractivity contribution in [3.63, 3.8) is 0 Å². The molecule has 1 fully saturated rings. The summed E-state index contributed by atoms with van der Waals surface area (Å²) in [6.45, 7) is 0.845. The average molecular weight is 346 g/mol. The van der Waals surface area contributed by atoms with Gasteiger partial charge in [-0.1, -0.05) is 12.8 Å². The van der Waals surface area contributed by atoms with Crippen molar-refractivity contribution in [2.75, 3.05) is 25.1 Å². The summed E-state index contributed by atoms with van der Waals surface area (Å²) in [5.41, 5.74) is 0.275. The minimum absolute atomic E-state index is 0.0839. The summed E-state index contributed by atoms with van der Waals surface area (Å²) in [5.74, 6) is 0. The van der Waals surface area contributed by atoms with Gasteiger partial charge in [-0.3, -0.25) is 4.79 Å². The summed E-state index contributed by atoms with van der Waals surface area (Å²) in [7, 11) is 0. The summed E-state index contributed by atoms with van der Waals surface area (Å²) in [6, 6.07) is 0. The number of hydrogen-bond acceptors (Lipinski definition) is 5. The largest absolute Gasteiger partial charge is 0.396 e. The summed E-state index contributed by atoms with van der Waals surface area (Å²) in [6.07, 6.45) is 5.85. The third kappa shape index (κ3) is 3.21. The number of anilines is 1. The van der Waals surface area contributed by atoms with Crippen LogP contribution in [0.1, 0.15) is 25.7 Å². The third-order valence-corrected chi connectivity index (χ3v) is 4.72. The molecule has 1 aliphatic rings. The van der Waals surface area contributed by atoms with Crippen LogP contribution in [0.3, 0.4) is 0 Å². The zero-order valence-corrected chi connectivity index (χ0v) is 12.9. The highest BCUT2D eigenvalue weighted by atomic mass is 79.9. The zero-order valence-electron chi connectivity index (χ0n) is 11.3. The lowest BCUT2D eigenvalue weighted by atomic mass is 9.87. The molecule has 7 heteroatoms. The van der Waals surface area contributed by atoms with Crippen LogP contribution in [0.25, 0.3) is 0 Å². The lowest BCUT2D eigenvalue weighted by Crippen LogP contribution is -2.32. The monoisotopic (exact) mass is 345 g/mol. The topological polar surface area (TPSA) is 87.4 Å². The van der Waals surface area contributed by atoms with E-state index in [1.54, 1.807) is 6.20 Å². The van der Waals surface area contributed by atoms with Crippen LogP contribution in [-0.4, -0.2) is 39.8 Å². The molecule has 6 nitrogen and oxygen atoms in total. The standard InChI is InChI=1S/C13H20BrN3O3/c14-11-10(7-16-17(5-6-18)12(11)20)15-8-13(9-19)3-1-2-4-13/h7,15,18-19H,1-6,8-9H2. The van der Waals surface area contributed by atoms with Crippen molar-refractivity contribution in [3.05, 3.63) is 21.0 Å². The van der Waals surface area contributed by atoms with Crippen molar-refractivity contribution in [3.8, 4) is 0 Å². The van der Waals surface area contributed by atoms with Crippen molar-refractivity contribution in [2.45, 2.75) is 32.2 Å². The van der Waals surface area contributed by atoms with Gasteiger partial charge in [0.15, 0.2) is 0 Å². The van der Waals surface area contributed by atoms with Crippen molar-refractivity contribution >= 4 is 21.6 Å². The molecule has 0 saturated heterocycles. The molecule has 0 amide bonds. The van der Waals surface area contributed by atoms with Gasteiger partial charge >= 0.3 is 0 Å². The van der Waals surface area contributed by atoms with Gasteiger partial charge in [0.1, 0.15) is 4.47 Å². The van der Waals surface area contributed by atoms with Gasteiger partial charge in [-0.25, -0.2) is 4.68 Å². The molecule has 0 spiro atoms. The van der Waals surface area contributed by atoms with Crippen LogP contribution >= 0.6 is 15.9 Å². The van der Waals surface area contributed by atoms with Gasteiger partial charge in [0.2, 0.25) is 0 Å². The van der Waals surface area contributed by atoms with Crippen LogP contribution in [0.2, 0.25) is 0 Å². The molecule has 1 saturated carbocycles. The predicted molar refractivity (Wildman–Crippen MR) is 79.8 cm³/mol. The maximum atomic E-state index is 12.0. The first-order chi connectivity index (χ1) is 9.62. The third-order valence-electron chi connectivity index (χ3n) is 3.95. The van der Waals surface area contributed by atoms with Gasteiger partial charge in [0.25, 0.3) is 5.56 Å². The van der Waals surface area contributed by atoms with E-state index in [0.717, 1.165) is 25.7 Å². The molecular formula is C13H20BrN3O3. The van der Waals surface area contributed by atoms with E-state index in [4.69, 9.17) is 5.11 Å². The molecule has 0 radical (unpaired) electrons. The van der Waals surface area contributed by atoms with E-state index in [1.807, 2.05) is 0 Å². The molecular weight excluding hydrogens is 326 g/mol. The fourth-order valence-corrected chi connectivity index (χ4v) is 3.09. The number of halogens is 1. The first-order valence-electron chi connectivity index (χ1n) is 6.83. The second kappa shape index (κ2) is 6.69. The van der Waals surface area contributed by atoms with Crippen LogP contribution in [0.4, 0.5) is 5.69 Å². The lowest BCUT2D eigenvalue weighted by Gasteiger charge is -2.27. The predicted octanol–water partition coefficient (Wildman–Crippen LogP) is 0.963. The molecule has 0 unspecified atom stereocenters. The Morgan fingerprint density at radius 2 is 2.10 bits per heavy atom. The fourth-order valence-electron chi connectivity index (χ4n) is 2.64. The Morgan fingerprint density at radius 1 is 1.40 bits per heavy atom. The smallest absolute Gasteiger partial charge is 0.283 e. The molecule has 1 aliphatic carbocycles. The Balaban J connectivity index is 2.10. The van der Waals surface area contributed by atoms with Crippen LogP contribution in [0.5, 0.6) is 0 Å². The molecule has 3 N–H and O–H groups in total. The van der Waals surface area contributed by atoms with Gasteiger partial charge < -0.3 is 15.5 Å². The lowest BCUT2D eigenvalue weighted by molar-refractivity contribution is 0.142. The Bertz CT molecular complexity index is 512. The molecule has 20 heavy (non-hydrogen) atoms. The Hall–Kier alpha value is -0.920. The Labute approximate surface area is 125 Å². The Kier molecular flexibility index (Phi) is 5.17. The number of hydrogen-bond donors (Lipinski definition) is 3. The number of aliphatic hydroxyl groups excluding tert-OH is 2. The first-order valence-corrected chi connectivity index (χ1v) is 7.62. The fraction of sp³-hybridized carbons (Fsp3) is 0.692. The number of aromatic nitrogens is 2. The molecule has 1 heterocycles. The van der Waals surface area contributed by atoms with Gasteiger partial charge in [0, 0.05) is 12.0 Å². The molecule has 0 bridgehead atoms. The number of rotatable bonds is 6. The van der Waals surface area contributed by atoms with Crippen LogP contribution in [0.15, 0.2) is 15.5 Å². The van der Waals surface area contributed by atoms with E-state index in [0.29, 0.717) is 16.7 Å². The highest BCUT2D eigenvalue weighted by molar-refractivity contribution is 9.10. The summed E-state index contributed by atoms with van der Waals surface area (Å²) < 4.78 is 1.62. The second-order valence-corrected chi connectivity index (χ2v) is 6.14. The van der Waals surface area contributed by atoms with Crippen molar-refractivity contribution in [1.29, 1.82) is 0 Å². The van der Waals surface area contributed by atoms with Gasteiger partial charge in [-0.2, -0.15) is 5.10 Å². The minimum Gasteiger partial charge on any atom is -0.396 e. The maximum absolute atomic E-state index is 12.0. The van der Waals surface area contributed by atoms with Crippen LogP contribution < -0.4 is 10.9 Å². The zero-order chi connectivity index (χ0) is 14.6. The highest BCUT2D eigenvalue weighted by Crippen LogP contribution is 2.37.